The van der Waals surface area contributed by atoms with E-state index < -0.39 is 0 Å². The minimum absolute atomic E-state index is 0.344. The first-order chi connectivity index (χ1) is 15.4. The molecule has 1 unspecified atom stereocenters. The van der Waals surface area contributed by atoms with Crippen LogP contribution in [0.25, 0.3) is 11.0 Å². The van der Waals surface area contributed by atoms with Crippen molar-refractivity contribution in [2.45, 2.75) is 18.9 Å². The maximum absolute atomic E-state index is 5.50. The smallest absolute Gasteiger partial charge is 0.173 e. The van der Waals surface area contributed by atoms with Crippen LogP contribution >= 0.6 is 0 Å². The molecule has 3 aliphatic heterocycles. The van der Waals surface area contributed by atoms with Gasteiger partial charge in [0.05, 0.1) is 30.3 Å². The van der Waals surface area contributed by atoms with E-state index in [0.29, 0.717) is 6.04 Å². The van der Waals surface area contributed by atoms with E-state index in [0.717, 1.165) is 88.0 Å². The molecule has 6 nitrogen and oxygen atoms in total. The summed E-state index contributed by atoms with van der Waals surface area (Å²) in [6.45, 7) is 7.90. The van der Waals surface area contributed by atoms with Crippen LogP contribution in [-0.4, -0.2) is 67.4 Å². The predicted molar refractivity (Wildman–Crippen MR) is 124 cm³/mol. The van der Waals surface area contributed by atoms with Gasteiger partial charge in [0.15, 0.2) is 11.6 Å². The molecule has 0 spiro atoms. The lowest BCUT2D eigenvalue weighted by molar-refractivity contribution is 0.0376. The van der Waals surface area contributed by atoms with Gasteiger partial charge >= 0.3 is 0 Å². The van der Waals surface area contributed by atoms with E-state index in [4.69, 9.17) is 14.7 Å². The normalized spacial score (nSPS) is 21.0. The monoisotopic (exact) mass is 415 g/mol. The first-order valence-electron chi connectivity index (χ1n) is 11.5. The van der Waals surface area contributed by atoms with Gasteiger partial charge in [-0.25, -0.2) is 9.97 Å². The zero-order chi connectivity index (χ0) is 20.6. The molecule has 6 rings (SSSR count). The summed E-state index contributed by atoms with van der Waals surface area (Å²) in [6, 6.07) is 17.5. The summed E-state index contributed by atoms with van der Waals surface area (Å²) in [4.78, 5) is 17.7. The van der Waals surface area contributed by atoms with E-state index in [2.05, 4.69) is 63.2 Å². The highest BCUT2D eigenvalue weighted by atomic mass is 16.5. The predicted octanol–water partition coefficient (Wildman–Crippen LogP) is 3.28. The lowest BCUT2D eigenvalue weighted by Gasteiger charge is -2.46. The first-order valence-corrected chi connectivity index (χ1v) is 11.5. The Morgan fingerprint density at radius 1 is 0.839 bits per heavy atom. The number of benzene rings is 2. The molecule has 1 aromatic heterocycles. The molecule has 0 radical (unpaired) electrons. The van der Waals surface area contributed by atoms with E-state index in [-0.39, 0.29) is 0 Å². The van der Waals surface area contributed by atoms with Gasteiger partial charge in [-0.15, -0.1) is 0 Å². The fourth-order valence-corrected chi connectivity index (χ4v) is 5.29. The highest BCUT2D eigenvalue weighted by Gasteiger charge is 2.37. The van der Waals surface area contributed by atoms with Gasteiger partial charge < -0.3 is 14.5 Å². The Labute approximate surface area is 183 Å². The third-order valence-corrected chi connectivity index (χ3v) is 6.92. The largest absolute Gasteiger partial charge is 0.379 e. The third-order valence-electron chi connectivity index (χ3n) is 6.92. The first kappa shape index (κ1) is 19.0. The fourth-order valence-electron chi connectivity index (χ4n) is 5.29. The van der Waals surface area contributed by atoms with Crippen LogP contribution in [0, 0.1) is 0 Å². The van der Waals surface area contributed by atoms with Crippen LogP contribution in [-0.2, 0) is 11.2 Å². The van der Waals surface area contributed by atoms with E-state index in [9.17, 15) is 0 Å². The van der Waals surface area contributed by atoms with Crippen LogP contribution in [0.3, 0.4) is 0 Å². The van der Waals surface area contributed by atoms with Crippen LogP contribution in [0.1, 0.15) is 23.6 Å². The summed E-state index contributed by atoms with van der Waals surface area (Å²) in [7, 11) is 0. The van der Waals surface area contributed by atoms with Gasteiger partial charge in [-0.05, 0) is 36.1 Å². The Balaban J connectivity index is 1.33. The number of nitrogens with zero attached hydrogens (tertiary/aromatic N) is 5. The molecule has 2 aromatic carbocycles. The Bertz CT molecular complexity index is 1080. The Hall–Kier alpha value is -2.70. The van der Waals surface area contributed by atoms with Gasteiger partial charge in [-0.1, -0.05) is 36.4 Å². The molecule has 0 amide bonds. The average Bonchev–Trinajstić information content (AvgIpc) is 2.83. The molecule has 1 fully saturated rings. The second kappa shape index (κ2) is 8.09. The molecule has 31 heavy (non-hydrogen) atoms. The van der Waals surface area contributed by atoms with Crippen molar-refractivity contribution in [1.29, 1.82) is 0 Å². The number of rotatable bonds is 4. The molecular formula is C25H29N5O. The Morgan fingerprint density at radius 2 is 1.58 bits per heavy atom. The molecule has 0 N–H and O–H groups in total. The molecule has 3 aromatic rings. The number of anilines is 2. The molecule has 3 aliphatic rings. The van der Waals surface area contributed by atoms with Gasteiger partial charge in [-0.3, -0.25) is 4.90 Å². The maximum Gasteiger partial charge on any atom is 0.173 e. The number of fused-ring (bicyclic) bond motifs is 6. The molecule has 4 heterocycles. The summed E-state index contributed by atoms with van der Waals surface area (Å²) in [5, 5.41) is 0. The number of morpholine rings is 1. The zero-order valence-corrected chi connectivity index (χ0v) is 17.9. The van der Waals surface area contributed by atoms with Gasteiger partial charge in [0.1, 0.15) is 0 Å². The van der Waals surface area contributed by atoms with Crippen LogP contribution in [0.5, 0.6) is 0 Å². The minimum Gasteiger partial charge on any atom is -0.379 e. The quantitative estimate of drug-likeness (QED) is 0.652. The molecule has 0 saturated carbocycles. The number of ether oxygens (including phenoxy) is 1. The number of para-hydroxylation sites is 2. The molecule has 160 valence electrons. The van der Waals surface area contributed by atoms with Gasteiger partial charge in [0, 0.05) is 39.3 Å². The van der Waals surface area contributed by atoms with Crippen LogP contribution in [0.2, 0.25) is 0 Å². The van der Waals surface area contributed by atoms with Gasteiger partial charge in [0.2, 0.25) is 0 Å². The van der Waals surface area contributed by atoms with E-state index in [1.807, 2.05) is 0 Å². The second-order valence-corrected chi connectivity index (χ2v) is 8.77. The van der Waals surface area contributed by atoms with E-state index in [1.165, 1.54) is 11.1 Å². The topological polar surface area (TPSA) is 44.7 Å². The Kier molecular flexibility index (Phi) is 4.97. The zero-order valence-electron chi connectivity index (χ0n) is 17.9. The van der Waals surface area contributed by atoms with Crippen molar-refractivity contribution in [3.63, 3.8) is 0 Å². The van der Waals surface area contributed by atoms with Crippen molar-refractivity contribution >= 4 is 22.7 Å². The minimum atomic E-state index is 0.344. The van der Waals surface area contributed by atoms with Crippen molar-refractivity contribution in [3.8, 4) is 0 Å². The molecule has 0 bridgehead atoms. The second-order valence-electron chi connectivity index (χ2n) is 8.77. The molecule has 1 saturated heterocycles. The molecule has 0 aliphatic carbocycles. The number of aromatic nitrogens is 2. The van der Waals surface area contributed by atoms with Crippen LogP contribution in [0.4, 0.5) is 11.6 Å². The SMILES string of the molecule is c1ccc2c(c1)CCN1c3nc4ccccc4nc3N(CCCN3CCOCC3)CC21. The van der Waals surface area contributed by atoms with Gasteiger partial charge in [-0.2, -0.15) is 0 Å². The lowest BCUT2D eigenvalue weighted by atomic mass is 9.91. The fraction of sp³-hybridized carbons (Fsp3) is 0.440. The summed E-state index contributed by atoms with van der Waals surface area (Å²) in [5.41, 5.74) is 4.89. The van der Waals surface area contributed by atoms with Gasteiger partial charge in [0.25, 0.3) is 0 Å². The number of hydrogen-bond donors (Lipinski definition) is 0. The van der Waals surface area contributed by atoms with Crippen LogP contribution in [0.15, 0.2) is 48.5 Å². The van der Waals surface area contributed by atoms with Crippen molar-refractivity contribution in [1.82, 2.24) is 14.9 Å². The third kappa shape index (κ3) is 3.54. The highest BCUT2D eigenvalue weighted by molar-refractivity contribution is 5.82. The number of hydrogen-bond acceptors (Lipinski definition) is 6. The summed E-state index contributed by atoms with van der Waals surface area (Å²) in [6.07, 6.45) is 2.19. The molecule has 1 atom stereocenters. The Morgan fingerprint density at radius 3 is 2.42 bits per heavy atom. The summed E-state index contributed by atoms with van der Waals surface area (Å²) >= 11 is 0. The van der Waals surface area contributed by atoms with Crippen LogP contribution < -0.4 is 9.80 Å². The maximum atomic E-state index is 5.50. The molecule has 6 heteroatoms. The summed E-state index contributed by atoms with van der Waals surface area (Å²) < 4.78 is 5.50. The van der Waals surface area contributed by atoms with Crippen molar-refractivity contribution in [2.75, 3.05) is 62.3 Å². The standard InChI is InChI=1S/C25H29N5O/c1-2-7-20-19(6-1)10-13-30-23(20)18-29(12-5-11-28-14-16-31-17-15-28)24-25(30)27-22-9-4-3-8-21(22)26-24/h1-4,6-9,23H,5,10-18H2. The molecular weight excluding hydrogens is 386 g/mol. The highest BCUT2D eigenvalue weighted by Crippen LogP contribution is 2.42. The summed E-state index contributed by atoms with van der Waals surface area (Å²) in [5.74, 6) is 2.10. The van der Waals surface area contributed by atoms with Crippen molar-refractivity contribution in [2.24, 2.45) is 0 Å². The lowest BCUT2D eigenvalue weighted by Crippen LogP contribution is -2.48. The van der Waals surface area contributed by atoms with E-state index in [1.54, 1.807) is 0 Å². The van der Waals surface area contributed by atoms with Crippen molar-refractivity contribution in [3.05, 3.63) is 59.7 Å². The van der Waals surface area contributed by atoms with E-state index >= 15 is 0 Å². The van der Waals surface area contributed by atoms with Crippen molar-refractivity contribution < 1.29 is 4.74 Å². The average molecular weight is 416 g/mol.